The van der Waals surface area contributed by atoms with Crippen LogP contribution in [-0.2, 0) is 0 Å². The SMILES string of the molecule is CCCNC(CC1CCCC1)c1cccc2cnccc12. The maximum absolute atomic E-state index is 4.26. The van der Waals surface area contributed by atoms with Crippen molar-refractivity contribution in [2.24, 2.45) is 5.92 Å². The molecule has 1 aliphatic rings. The van der Waals surface area contributed by atoms with Crippen molar-refractivity contribution in [2.45, 2.75) is 51.5 Å². The summed E-state index contributed by atoms with van der Waals surface area (Å²) >= 11 is 0. The molecule has 1 aromatic heterocycles. The van der Waals surface area contributed by atoms with Crippen molar-refractivity contribution in [3.05, 3.63) is 42.2 Å². The first-order valence-electron chi connectivity index (χ1n) is 8.44. The van der Waals surface area contributed by atoms with Gasteiger partial charge in [-0.05, 0) is 42.3 Å². The average molecular weight is 282 g/mol. The molecule has 0 spiro atoms. The number of hydrogen-bond acceptors (Lipinski definition) is 2. The van der Waals surface area contributed by atoms with E-state index < -0.39 is 0 Å². The highest BCUT2D eigenvalue weighted by molar-refractivity contribution is 5.85. The number of fused-ring (bicyclic) bond motifs is 1. The molecular formula is C19H26N2. The Balaban J connectivity index is 1.89. The third kappa shape index (κ3) is 3.44. The lowest BCUT2D eigenvalue weighted by atomic mass is 9.91. The minimum Gasteiger partial charge on any atom is -0.310 e. The Labute approximate surface area is 128 Å². The fourth-order valence-corrected chi connectivity index (χ4v) is 3.67. The lowest BCUT2D eigenvalue weighted by Crippen LogP contribution is -2.24. The Morgan fingerprint density at radius 3 is 2.90 bits per heavy atom. The van der Waals surface area contributed by atoms with Crippen molar-refractivity contribution in [3.8, 4) is 0 Å². The molecule has 2 nitrogen and oxygen atoms in total. The van der Waals surface area contributed by atoms with Crippen LogP contribution in [0.2, 0.25) is 0 Å². The van der Waals surface area contributed by atoms with E-state index >= 15 is 0 Å². The zero-order valence-corrected chi connectivity index (χ0v) is 13.0. The molecule has 21 heavy (non-hydrogen) atoms. The van der Waals surface area contributed by atoms with E-state index in [9.17, 15) is 0 Å². The predicted molar refractivity (Wildman–Crippen MR) is 89.4 cm³/mol. The van der Waals surface area contributed by atoms with Crippen LogP contribution in [0.25, 0.3) is 10.8 Å². The molecule has 0 saturated heterocycles. The van der Waals surface area contributed by atoms with Crippen molar-refractivity contribution in [2.75, 3.05) is 6.54 Å². The summed E-state index contributed by atoms with van der Waals surface area (Å²) in [4.78, 5) is 4.26. The van der Waals surface area contributed by atoms with Gasteiger partial charge in [-0.3, -0.25) is 4.98 Å². The quantitative estimate of drug-likeness (QED) is 0.818. The van der Waals surface area contributed by atoms with Gasteiger partial charge in [0, 0.05) is 23.8 Å². The van der Waals surface area contributed by atoms with Crippen LogP contribution in [0.15, 0.2) is 36.7 Å². The van der Waals surface area contributed by atoms with Crippen molar-refractivity contribution in [3.63, 3.8) is 0 Å². The molecule has 1 aliphatic carbocycles. The highest BCUT2D eigenvalue weighted by Crippen LogP contribution is 2.35. The predicted octanol–water partition coefficient (Wildman–Crippen LogP) is 4.86. The summed E-state index contributed by atoms with van der Waals surface area (Å²) in [5.41, 5.74) is 1.45. The van der Waals surface area contributed by atoms with Crippen LogP contribution >= 0.6 is 0 Å². The summed E-state index contributed by atoms with van der Waals surface area (Å²) in [5, 5.41) is 6.40. The van der Waals surface area contributed by atoms with Crippen LogP contribution < -0.4 is 5.32 Å². The van der Waals surface area contributed by atoms with Gasteiger partial charge in [0.2, 0.25) is 0 Å². The number of hydrogen-bond donors (Lipinski definition) is 1. The van der Waals surface area contributed by atoms with Gasteiger partial charge >= 0.3 is 0 Å². The van der Waals surface area contributed by atoms with E-state index in [4.69, 9.17) is 0 Å². The smallest absolute Gasteiger partial charge is 0.0346 e. The van der Waals surface area contributed by atoms with E-state index in [1.807, 2.05) is 12.4 Å². The first kappa shape index (κ1) is 14.5. The third-order valence-corrected chi connectivity index (χ3v) is 4.77. The van der Waals surface area contributed by atoms with Crippen molar-refractivity contribution in [1.82, 2.24) is 10.3 Å². The fraction of sp³-hybridized carbons (Fsp3) is 0.526. The molecule has 1 aromatic carbocycles. The van der Waals surface area contributed by atoms with Gasteiger partial charge in [0.25, 0.3) is 0 Å². The summed E-state index contributed by atoms with van der Waals surface area (Å²) in [6.45, 7) is 3.34. The number of rotatable bonds is 6. The minimum atomic E-state index is 0.485. The van der Waals surface area contributed by atoms with E-state index in [0.29, 0.717) is 6.04 Å². The van der Waals surface area contributed by atoms with Crippen molar-refractivity contribution >= 4 is 10.8 Å². The lowest BCUT2D eigenvalue weighted by molar-refractivity contribution is 0.397. The van der Waals surface area contributed by atoms with E-state index in [1.165, 1.54) is 54.9 Å². The highest BCUT2D eigenvalue weighted by atomic mass is 14.9. The second-order valence-electron chi connectivity index (χ2n) is 6.34. The maximum Gasteiger partial charge on any atom is 0.0346 e. The third-order valence-electron chi connectivity index (χ3n) is 4.77. The van der Waals surface area contributed by atoms with E-state index in [2.05, 4.69) is 41.5 Å². The molecule has 1 fully saturated rings. The molecular weight excluding hydrogens is 256 g/mol. The van der Waals surface area contributed by atoms with Gasteiger partial charge in [-0.1, -0.05) is 50.8 Å². The molecule has 0 radical (unpaired) electrons. The summed E-state index contributed by atoms with van der Waals surface area (Å²) in [6.07, 6.45) is 12.0. The number of nitrogens with one attached hydrogen (secondary N) is 1. The normalized spacial score (nSPS) is 17.4. The summed E-state index contributed by atoms with van der Waals surface area (Å²) < 4.78 is 0. The molecule has 2 heteroatoms. The Kier molecular flexibility index (Phi) is 4.87. The highest BCUT2D eigenvalue weighted by Gasteiger charge is 2.22. The molecule has 112 valence electrons. The van der Waals surface area contributed by atoms with Crippen LogP contribution in [0.5, 0.6) is 0 Å². The number of benzene rings is 1. The average Bonchev–Trinajstić information content (AvgIpc) is 3.04. The molecule has 3 rings (SSSR count). The zero-order valence-electron chi connectivity index (χ0n) is 13.0. The fourth-order valence-electron chi connectivity index (χ4n) is 3.67. The Bertz CT molecular complexity index is 567. The van der Waals surface area contributed by atoms with Crippen LogP contribution in [0, 0.1) is 5.92 Å². The number of aromatic nitrogens is 1. The summed E-state index contributed by atoms with van der Waals surface area (Å²) in [5.74, 6) is 0.899. The maximum atomic E-state index is 4.26. The molecule has 1 atom stereocenters. The molecule has 2 aromatic rings. The van der Waals surface area contributed by atoms with Crippen LogP contribution in [-0.4, -0.2) is 11.5 Å². The largest absolute Gasteiger partial charge is 0.310 e. The molecule has 0 aliphatic heterocycles. The summed E-state index contributed by atoms with van der Waals surface area (Å²) in [6, 6.07) is 9.29. The molecule has 1 unspecified atom stereocenters. The van der Waals surface area contributed by atoms with E-state index in [0.717, 1.165) is 12.5 Å². The topological polar surface area (TPSA) is 24.9 Å². The minimum absolute atomic E-state index is 0.485. The molecule has 1 N–H and O–H groups in total. The van der Waals surface area contributed by atoms with Gasteiger partial charge in [-0.25, -0.2) is 0 Å². The van der Waals surface area contributed by atoms with Crippen LogP contribution in [0.3, 0.4) is 0 Å². The number of pyridine rings is 1. The Hall–Kier alpha value is -1.41. The summed E-state index contributed by atoms with van der Waals surface area (Å²) in [7, 11) is 0. The monoisotopic (exact) mass is 282 g/mol. The van der Waals surface area contributed by atoms with E-state index in [-0.39, 0.29) is 0 Å². The second kappa shape index (κ2) is 7.04. The molecule has 0 amide bonds. The van der Waals surface area contributed by atoms with Gasteiger partial charge in [0.15, 0.2) is 0 Å². The standard InChI is InChI=1S/C19H26N2/c1-2-11-21-19(13-15-6-3-4-7-15)18-9-5-8-16-14-20-12-10-17(16)18/h5,8-10,12,14-15,19,21H,2-4,6-7,11,13H2,1H3. The van der Waals surface area contributed by atoms with E-state index in [1.54, 1.807) is 0 Å². The van der Waals surface area contributed by atoms with Crippen LogP contribution in [0.1, 0.15) is 57.1 Å². The van der Waals surface area contributed by atoms with Gasteiger partial charge in [-0.15, -0.1) is 0 Å². The zero-order chi connectivity index (χ0) is 14.5. The number of nitrogens with zero attached hydrogens (tertiary/aromatic N) is 1. The first-order chi connectivity index (χ1) is 10.4. The molecule has 1 saturated carbocycles. The van der Waals surface area contributed by atoms with Gasteiger partial charge in [0.05, 0.1) is 0 Å². The van der Waals surface area contributed by atoms with Crippen molar-refractivity contribution < 1.29 is 0 Å². The first-order valence-corrected chi connectivity index (χ1v) is 8.44. The van der Waals surface area contributed by atoms with Crippen molar-refractivity contribution in [1.29, 1.82) is 0 Å². The van der Waals surface area contributed by atoms with Gasteiger partial charge in [0.1, 0.15) is 0 Å². The Morgan fingerprint density at radius 2 is 2.10 bits per heavy atom. The second-order valence-corrected chi connectivity index (χ2v) is 6.34. The lowest BCUT2D eigenvalue weighted by Gasteiger charge is -2.23. The van der Waals surface area contributed by atoms with Gasteiger partial charge < -0.3 is 5.32 Å². The Morgan fingerprint density at radius 1 is 1.24 bits per heavy atom. The molecule has 1 heterocycles. The molecule has 0 bridgehead atoms. The van der Waals surface area contributed by atoms with Gasteiger partial charge in [-0.2, -0.15) is 0 Å². The van der Waals surface area contributed by atoms with Crippen LogP contribution in [0.4, 0.5) is 0 Å².